The van der Waals surface area contributed by atoms with Crippen molar-refractivity contribution in [3.63, 3.8) is 0 Å². The van der Waals surface area contributed by atoms with E-state index in [2.05, 4.69) is 47.3 Å². The number of anilines is 1. The van der Waals surface area contributed by atoms with Crippen LogP contribution in [0.1, 0.15) is 37.8 Å². The second kappa shape index (κ2) is 9.04. The average molecular weight is 442 g/mol. The highest BCUT2D eigenvalue weighted by atomic mass is 127. The number of guanidine groups is 1. The maximum Gasteiger partial charge on any atom is 0.193 e. The summed E-state index contributed by atoms with van der Waals surface area (Å²) in [7, 11) is 0. The Kier molecular flexibility index (Phi) is 7.34. The van der Waals surface area contributed by atoms with E-state index >= 15 is 0 Å². The molecule has 1 saturated heterocycles. The predicted molar refractivity (Wildman–Crippen MR) is 113 cm³/mol. The summed E-state index contributed by atoms with van der Waals surface area (Å²) in [5, 5.41) is 3.25. The highest BCUT2D eigenvalue weighted by molar-refractivity contribution is 14.0. The topological polar surface area (TPSA) is 53.6 Å². The number of hydrogen-bond acceptors (Lipinski definition) is 2. The first-order valence-electron chi connectivity index (χ1n) is 9.01. The molecule has 2 aliphatic rings. The zero-order valence-corrected chi connectivity index (χ0v) is 17.3. The molecule has 0 radical (unpaired) electrons. The zero-order valence-electron chi connectivity index (χ0n) is 14.9. The third kappa shape index (κ3) is 5.34. The Morgan fingerprint density at radius 2 is 2.12 bits per heavy atom. The first-order chi connectivity index (χ1) is 11.1. The third-order valence-corrected chi connectivity index (χ3v) is 4.88. The summed E-state index contributed by atoms with van der Waals surface area (Å²) < 4.78 is 0. The molecule has 1 aliphatic carbocycles. The second-order valence-corrected chi connectivity index (χ2v) is 7.50. The minimum atomic E-state index is 0. The van der Waals surface area contributed by atoms with Gasteiger partial charge in [-0.05, 0) is 67.3 Å². The molecule has 0 bridgehead atoms. The number of nitrogens with zero attached hydrogens (tertiary/aromatic N) is 2. The Bertz CT molecular complexity index is 570. The van der Waals surface area contributed by atoms with Crippen molar-refractivity contribution in [2.45, 2.75) is 39.5 Å². The number of aryl methyl sites for hydroxylation is 2. The summed E-state index contributed by atoms with van der Waals surface area (Å²) in [4.78, 5) is 7.12. The number of likely N-dealkylation sites (tertiary alicyclic amines) is 1. The van der Waals surface area contributed by atoms with Crippen LogP contribution in [0.2, 0.25) is 0 Å². The van der Waals surface area contributed by atoms with Gasteiger partial charge >= 0.3 is 0 Å². The second-order valence-electron chi connectivity index (χ2n) is 7.50. The Balaban J connectivity index is 0.00000208. The van der Waals surface area contributed by atoms with Crippen molar-refractivity contribution >= 4 is 35.6 Å². The smallest absolute Gasteiger partial charge is 0.193 e. The van der Waals surface area contributed by atoms with Crippen LogP contribution in [0, 0.1) is 11.8 Å². The lowest BCUT2D eigenvalue weighted by Gasteiger charge is -2.17. The lowest BCUT2D eigenvalue weighted by atomic mass is 10.1. The van der Waals surface area contributed by atoms with E-state index in [1.807, 2.05) is 0 Å². The molecule has 0 amide bonds. The van der Waals surface area contributed by atoms with Gasteiger partial charge in [-0.2, -0.15) is 0 Å². The summed E-state index contributed by atoms with van der Waals surface area (Å²) in [5.41, 5.74) is 10.1. The standard InChI is InChI=1S/C19H30N4.HI/c1-14(2)12-23-9-8-15(13-23)11-21-19(20)22-18-7-6-16-4-3-5-17(16)10-18;/h6-7,10,14-15H,3-5,8-9,11-13H2,1-2H3,(H3,20,21,22);1H. The van der Waals surface area contributed by atoms with E-state index in [-0.39, 0.29) is 24.0 Å². The van der Waals surface area contributed by atoms with Crippen molar-refractivity contribution in [1.82, 2.24) is 4.90 Å². The van der Waals surface area contributed by atoms with Crippen molar-refractivity contribution in [2.24, 2.45) is 22.6 Å². The molecule has 1 fully saturated rings. The molecule has 1 heterocycles. The molecule has 24 heavy (non-hydrogen) atoms. The van der Waals surface area contributed by atoms with Crippen molar-refractivity contribution in [2.75, 3.05) is 31.5 Å². The van der Waals surface area contributed by atoms with E-state index in [1.165, 1.54) is 49.9 Å². The molecule has 0 aromatic heterocycles. The lowest BCUT2D eigenvalue weighted by Crippen LogP contribution is -2.27. The van der Waals surface area contributed by atoms with Gasteiger partial charge < -0.3 is 16.0 Å². The fraction of sp³-hybridized carbons (Fsp3) is 0.632. The fourth-order valence-corrected chi connectivity index (χ4v) is 3.81. The average Bonchev–Trinajstić information content (AvgIpc) is 3.13. The van der Waals surface area contributed by atoms with E-state index in [0.717, 1.165) is 24.7 Å². The lowest BCUT2D eigenvalue weighted by molar-refractivity contribution is 0.288. The Morgan fingerprint density at radius 1 is 1.33 bits per heavy atom. The Morgan fingerprint density at radius 3 is 2.92 bits per heavy atom. The number of halogens is 1. The van der Waals surface area contributed by atoms with Crippen LogP contribution >= 0.6 is 24.0 Å². The van der Waals surface area contributed by atoms with Gasteiger partial charge in [0.15, 0.2) is 5.96 Å². The van der Waals surface area contributed by atoms with E-state index in [1.54, 1.807) is 0 Å². The maximum absolute atomic E-state index is 6.07. The minimum absolute atomic E-state index is 0. The van der Waals surface area contributed by atoms with Gasteiger partial charge in [-0.25, -0.2) is 0 Å². The van der Waals surface area contributed by atoms with Gasteiger partial charge in [0.05, 0.1) is 0 Å². The van der Waals surface area contributed by atoms with E-state index in [9.17, 15) is 0 Å². The van der Waals surface area contributed by atoms with Crippen molar-refractivity contribution in [3.05, 3.63) is 29.3 Å². The summed E-state index contributed by atoms with van der Waals surface area (Å²) in [6, 6.07) is 6.57. The molecule has 134 valence electrons. The quantitative estimate of drug-likeness (QED) is 0.417. The molecule has 1 aliphatic heterocycles. The van der Waals surface area contributed by atoms with Crippen molar-refractivity contribution < 1.29 is 0 Å². The van der Waals surface area contributed by atoms with Crippen LogP contribution in [0.15, 0.2) is 23.2 Å². The molecule has 4 nitrogen and oxygen atoms in total. The molecule has 1 aromatic carbocycles. The van der Waals surface area contributed by atoms with E-state index in [0.29, 0.717) is 11.9 Å². The number of hydrogen-bond donors (Lipinski definition) is 2. The predicted octanol–water partition coefficient (Wildman–Crippen LogP) is 3.50. The van der Waals surface area contributed by atoms with E-state index < -0.39 is 0 Å². The largest absolute Gasteiger partial charge is 0.370 e. The van der Waals surface area contributed by atoms with Crippen LogP contribution in [-0.2, 0) is 12.8 Å². The normalized spacial score (nSPS) is 21.0. The van der Waals surface area contributed by atoms with E-state index in [4.69, 9.17) is 5.73 Å². The number of benzene rings is 1. The molecule has 0 saturated carbocycles. The number of nitrogens with one attached hydrogen (secondary N) is 1. The Hall–Kier alpha value is -0.820. The molecule has 1 aromatic rings. The molecule has 3 rings (SSSR count). The van der Waals surface area contributed by atoms with Crippen LogP contribution < -0.4 is 11.1 Å². The van der Waals surface area contributed by atoms with Crippen molar-refractivity contribution in [1.29, 1.82) is 0 Å². The first kappa shape index (κ1) is 19.5. The molecule has 5 heteroatoms. The molecule has 1 atom stereocenters. The third-order valence-electron chi connectivity index (χ3n) is 4.88. The maximum atomic E-state index is 6.07. The number of aliphatic imine (C=N–C) groups is 1. The summed E-state index contributed by atoms with van der Waals surface area (Å²) in [5.74, 6) is 1.93. The molecule has 0 spiro atoms. The summed E-state index contributed by atoms with van der Waals surface area (Å²) >= 11 is 0. The van der Waals surface area contributed by atoms with Gasteiger partial charge in [0, 0.05) is 25.3 Å². The van der Waals surface area contributed by atoms with Gasteiger partial charge in [0.1, 0.15) is 0 Å². The fourth-order valence-electron chi connectivity index (χ4n) is 3.81. The SMILES string of the molecule is CC(C)CN1CCC(CN=C(N)Nc2ccc3c(c2)CCC3)C1.I. The molecular weight excluding hydrogens is 411 g/mol. The molecular formula is C19H31IN4. The Labute approximate surface area is 163 Å². The van der Waals surface area contributed by atoms with Crippen LogP contribution in [-0.4, -0.2) is 37.0 Å². The van der Waals surface area contributed by atoms with Crippen LogP contribution in [0.25, 0.3) is 0 Å². The van der Waals surface area contributed by atoms with Gasteiger partial charge in [-0.1, -0.05) is 19.9 Å². The molecule has 1 unspecified atom stereocenters. The van der Waals surface area contributed by atoms with Gasteiger partial charge in [-0.15, -0.1) is 24.0 Å². The van der Waals surface area contributed by atoms with Crippen LogP contribution in [0.3, 0.4) is 0 Å². The van der Waals surface area contributed by atoms with Crippen LogP contribution in [0.4, 0.5) is 5.69 Å². The highest BCUT2D eigenvalue weighted by Gasteiger charge is 2.22. The molecule has 3 N–H and O–H groups in total. The summed E-state index contributed by atoms with van der Waals surface area (Å²) in [6.45, 7) is 8.96. The van der Waals surface area contributed by atoms with Gasteiger partial charge in [-0.3, -0.25) is 4.99 Å². The minimum Gasteiger partial charge on any atom is -0.370 e. The summed E-state index contributed by atoms with van der Waals surface area (Å²) in [6.07, 6.45) is 4.92. The number of nitrogens with two attached hydrogens (primary N) is 1. The van der Waals surface area contributed by atoms with Crippen LogP contribution in [0.5, 0.6) is 0 Å². The first-order valence-corrected chi connectivity index (χ1v) is 9.01. The van der Waals surface area contributed by atoms with Gasteiger partial charge in [0.2, 0.25) is 0 Å². The highest BCUT2D eigenvalue weighted by Crippen LogP contribution is 2.24. The zero-order chi connectivity index (χ0) is 16.2. The van der Waals surface area contributed by atoms with Gasteiger partial charge in [0.25, 0.3) is 0 Å². The van der Waals surface area contributed by atoms with Crippen molar-refractivity contribution in [3.8, 4) is 0 Å². The number of fused-ring (bicyclic) bond motifs is 1. The monoisotopic (exact) mass is 442 g/mol. The number of rotatable bonds is 5.